The highest BCUT2D eigenvalue weighted by Crippen LogP contribution is 2.47. The van der Waals surface area contributed by atoms with Gasteiger partial charge < -0.3 is 14.4 Å². The second kappa shape index (κ2) is 15.0. The maximum Gasteiger partial charge on any atom is 0.416 e. The highest BCUT2D eigenvalue weighted by Gasteiger charge is 2.43. The van der Waals surface area contributed by atoms with Crippen molar-refractivity contribution in [2.75, 3.05) is 9.80 Å². The summed E-state index contributed by atoms with van der Waals surface area (Å²) in [5, 5.41) is 1.67. The molecule has 10 heteroatoms. The Hall–Kier alpha value is -7.98. The number of aromatic nitrogens is 1. The Labute approximate surface area is 382 Å². The molecule has 1 aromatic heterocycles. The number of hydrogen-bond acceptors (Lipinski definition) is 2. The van der Waals surface area contributed by atoms with Crippen molar-refractivity contribution in [3.8, 4) is 27.9 Å². The van der Waals surface area contributed by atoms with Crippen molar-refractivity contribution in [1.82, 2.24) is 4.57 Å². The van der Waals surface area contributed by atoms with Crippen LogP contribution < -0.4 is 26.2 Å². The summed E-state index contributed by atoms with van der Waals surface area (Å²) in [6.45, 7) is 1.45. The summed E-state index contributed by atoms with van der Waals surface area (Å²) in [6.07, 6.45) is -9.44. The predicted molar refractivity (Wildman–Crippen MR) is 260 cm³/mol. The third kappa shape index (κ3) is 6.53. The molecule has 10 aromatic rings. The van der Waals surface area contributed by atoms with Crippen LogP contribution in [0.3, 0.4) is 0 Å². The Kier molecular flexibility index (Phi) is 9.09. The molecule has 67 heavy (non-hydrogen) atoms. The molecule has 0 N–H and O–H groups in total. The number of anilines is 6. The first kappa shape index (κ1) is 40.5. The van der Waals surface area contributed by atoms with Crippen LogP contribution in [0.4, 0.5) is 60.5 Å². The predicted octanol–water partition coefficient (Wildman–Crippen LogP) is 14.5. The van der Waals surface area contributed by atoms with E-state index in [0.29, 0.717) is 16.7 Å². The van der Waals surface area contributed by atoms with E-state index in [-0.39, 0.29) is 23.4 Å². The highest BCUT2D eigenvalue weighted by molar-refractivity contribution is 7.00. The molecule has 0 radical (unpaired) electrons. The Balaban J connectivity index is 1.12. The third-order valence-corrected chi connectivity index (χ3v) is 13.2. The number of nitrogens with zero attached hydrogens (tertiary/aromatic N) is 3. The minimum absolute atomic E-state index is 0.0293. The van der Waals surface area contributed by atoms with E-state index in [1.807, 2.05) is 77.4 Å². The fourth-order valence-corrected chi connectivity index (χ4v) is 10.4. The first-order valence-corrected chi connectivity index (χ1v) is 21.9. The van der Waals surface area contributed by atoms with Gasteiger partial charge in [-0.2, -0.15) is 26.3 Å². The van der Waals surface area contributed by atoms with E-state index in [9.17, 15) is 26.3 Å². The van der Waals surface area contributed by atoms with Crippen LogP contribution in [0.25, 0.3) is 49.7 Å². The lowest BCUT2D eigenvalue weighted by atomic mass is 9.33. The van der Waals surface area contributed by atoms with Crippen molar-refractivity contribution in [2.45, 2.75) is 19.3 Å². The SMILES string of the molecule is Cc1cc(-c2cc(C(F)(F)F)ccc2-n2c3ccccc3c3cc(-c4cc5c6c(c4)N(c4ccccc4)c4ccccc4B6c4ccccc4N5c4ccccc4)ccc32)cc(C(F)(F)F)c1. The van der Waals surface area contributed by atoms with Gasteiger partial charge in [0.05, 0.1) is 27.8 Å². The Morgan fingerprint density at radius 3 is 1.55 bits per heavy atom. The molecular weight excluding hydrogens is 851 g/mol. The van der Waals surface area contributed by atoms with E-state index in [1.165, 1.54) is 35.4 Å². The fourth-order valence-electron chi connectivity index (χ4n) is 10.4. The van der Waals surface area contributed by atoms with Crippen LogP contribution in [0, 0.1) is 6.92 Å². The highest BCUT2D eigenvalue weighted by atomic mass is 19.4. The average molecular weight is 888 g/mol. The molecule has 0 saturated carbocycles. The zero-order valence-corrected chi connectivity index (χ0v) is 35.7. The van der Waals surface area contributed by atoms with Crippen molar-refractivity contribution < 1.29 is 26.3 Å². The lowest BCUT2D eigenvalue weighted by Crippen LogP contribution is -2.61. The molecule has 0 atom stereocenters. The molecule has 3 heterocycles. The van der Waals surface area contributed by atoms with Crippen LogP contribution in [0.15, 0.2) is 200 Å². The second-order valence-corrected chi connectivity index (χ2v) is 17.2. The van der Waals surface area contributed by atoms with E-state index in [0.717, 1.165) is 80.3 Å². The van der Waals surface area contributed by atoms with Gasteiger partial charge in [-0.15, -0.1) is 0 Å². The first-order chi connectivity index (χ1) is 32.4. The molecule has 0 spiro atoms. The zero-order valence-electron chi connectivity index (χ0n) is 35.7. The van der Waals surface area contributed by atoms with Gasteiger partial charge in [-0.25, -0.2) is 0 Å². The van der Waals surface area contributed by atoms with Crippen LogP contribution in [-0.4, -0.2) is 11.3 Å². The number of alkyl halides is 6. The van der Waals surface area contributed by atoms with E-state index < -0.39 is 23.5 Å². The smallest absolute Gasteiger partial charge is 0.311 e. The number of fused-ring (bicyclic) bond motifs is 7. The second-order valence-electron chi connectivity index (χ2n) is 17.2. The van der Waals surface area contributed by atoms with Crippen LogP contribution in [0.1, 0.15) is 16.7 Å². The Bertz CT molecular complexity index is 3490. The lowest BCUT2D eigenvalue weighted by Gasteiger charge is -2.44. The van der Waals surface area contributed by atoms with Crippen LogP contribution in [-0.2, 0) is 12.4 Å². The topological polar surface area (TPSA) is 11.4 Å². The third-order valence-electron chi connectivity index (χ3n) is 13.2. The van der Waals surface area contributed by atoms with Crippen LogP contribution in [0.2, 0.25) is 0 Å². The number of rotatable bonds is 5. The molecule has 12 rings (SSSR count). The molecule has 0 saturated heterocycles. The van der Waals surface area contributed by atoms with Gasteiger partial charge in [-0.3, -0.25) is 0 Å². The van der Waals surface area contributed by atoms with Crippen LogP contribution in [0.5, 0.6) is 0 Å². The molecule has 2 aliphatic rings. The lowest BCUT2D eigenvalue weighted by molar-refractivity contribution is -0.138. The maximum atomic E-state index is 14.4. The normalized spacial score (nSPS) is 13.2. The molecule has 9 aromatic carbocycles. The largest absolute Gasteiger partial charge is 0.416 e. The molecule has 2 aliphatic heterocycles. The fraction of sp³-hybridized carbons (Fsp3) is 0.0526. The van der Waals surface area contributed by atoms with Gasteiger partial charge in [0.25, 0.3) is 6.71 Å². The van der Waals surface area contributed by atoms with Gasteiger partial charge in [0.15, 0.2) is 0 Å². The molecule has 324 valence electrons. The van der Waals surface area contributed by atoms with Gasteiger partial charge in [0, 0.05) is 50.5 Å². The molecule has 3 nitrogen and oxygen atoms in total. The van der Waals surface area contributed by atoms with Crippen LogP contribution >= 0.6 is 0 Å². The van der Waals surface area contributed by atoms with Crippen molar-refractivity contribution >= 4 is 79.0 Å². The minimum atomic E-state index is -4.73. The number of hydrogen-bond donors (Lipinski definition) is 0. The average Bonchev–Trinajstić information content (AvgIpc) is 3.67. The van der Waals surface area contributed by atoms with E-state index in [4.69, 9.17) is 0 Å². The number of aryl methyl sites for hydroxylation is 1. The van der Waals surface area contributed by atoms with Gasteiger partial charge in [-0.05, 0) is 143 Å². The van der Waals surface area contributed by atoms with Crippen molar-refractivity contribution in [3.63, 3.8) is 0 Å². The Morgan fingerprint density at radius 1 is 0.388 bits per heavy atom. The molecule has 0 fully saturated rings. The Morgan fingerprint density at radius 2 is 0.940 bits per heavy atom. The summed E-state index contributed by atoms with van der Waals surface area (Å²) in [6, 6.07) is 62.9. The number of halogens is 6. The monoisotopic (exact) mass is 887 g/mol. The first-order valence-electron chi connectivity index (χ1n) is 21.9. The summed E-state index contributed by atoms with van der Waals surface area (Å²) in [7, 11) is 0. The van der Waals surface area contributed by atoms with Gasteiger partial charge in [-0.1, -0.05) is 103 Å². The molecule has 0 amide bonds. The summed E-state index contributed by atoms with van der Waals surface area (Å²) in [4.78, 5) is 4.69. The molecule has 0 unspecified atom stereocenters. The van der Waals surface area contributed by atoms with Crippen molar-refractivity contribution in [3.05, 3.63) is 217 Å². The van der Waals surface area contributed by atoms with Gasteiger partial charge in [0.2, 0.25) is 0 Å². The van der Waals surface area contributed by atoms with Crippen molar-refractivity contribution in [1.29, 1.82) is 0 Å². The van der Waals surface area contributed by atoms with E-state index in [1.54, 1.807) is 0 Å². The minimum Gasteiger partial charge on any atom is -0.311 e. The van der Waals surface area contributed by atoms with Gasteiger partial charge in [0.1, 0.15) is 0 Å². The summed E-state index contributed by atoms with van der Waals surface area (Å²) >= 11 is 0. The molecular formula is C57H36BF6N3. The summed E-state index contributed by atoms with van der Waals surface area (Å²) in [5.41, 5.74) is 11.8. The summed E-state index contributed by atoms with van der Waals surface area (Å²) < 4.78 is 87.7. The standard InChI is InChI=1S/C57H36BF6N3/c1-35-28-38(30-40(29-35)57(62,63)64)44-34-39(56(59,60)61)25-27-49(44)67-48-21-11-8-18-43(48)45-31-36(24-26-50(45)67)37-32-53-55-54(33-37)66(42-16-6-3-7-17-42)52-23-13-10-20-47(52)58(55)46-19-9-12-22-51(46)65(53)41-14-4-2-5-15-41/h2-34H,1H3. The number of para-hydroxylation sites is 5. The quantitative estimate of drug-likeness (QED) is 0.126. The maximum absolute atomic E-state index is 14.4. The number of benzene rings is 9. The van der Waals surface area contributed by atoms with Gasteiger partial charge >= 0.3 is 12.4 Å². The van der Waals surface area contributed by atoms with E-state index in [2.05, 4.69) is 101 Å². The molecule has 0 aliphatic carbocycles. The van der Waals surface area contributed by atoms with E-state index >= 15 is 0 Å². The molecule has 0 bridgehead atoms. The summed E-state index contributed by atoms with van der Waals surface area (Å²) in [5.74, 6) is 0. The zero-order chi connectivity index (χ0) is 45.8. The van der Waals surface area contributed by atoms with Crippen molar-refractivity contribution in [2.24, 2.45) is 0 Å².